The van der Waals surface area contributed by atoms with Gasteiger partial charge >= 0.3 is 0 Å². The highest BCUT2D eigenvalue weighted by atomic mass is 19.2. The molecule has 0 fully saturated rings. The van der Waals surface area contributed by atoms with Gasteiger partial charge in [-0.1, -0.05) is 6.07 Å². The zero-order valence-corrected chi connectivity index (χ0v) is 27.4. The van der Waals surface area contributed by atoms with E-state index in [4.69, 9.17) is 4.84 Å². The zero-order valence-electron chi connectivity index (χ0n) is 27.4. The van der Waals surface area contributed by atoms with Gasteiger partial charge in [-0.2, -0.15) is 0 Å². The number of aromatic nitrogens is 1. The van der Waals surface area contributed by atoms with E-state index in [-0.39, 0.29) is 5.60 Å². The fourth-order valence-electron chi connectivity index (χ4n) is 5.63. The summed E-state index contributed by atoms with van der Waals surface area (Å²) in [4.78, 5) is 5.52. The second-order valence-electron chi connectivity index (χ2n) is 12.2. The first kappa shape index (κ1) is 43.2. The quantitative estimate of drug-likeness (QED) is 0.0610. The van der Waals surface area contributed by atoms with Crippen molar-refractivity contribution in [3.63, 3.8) is 0 Å². The van der Waals surface area contributed by atoms with Crippen LogP contribution in [0.25, 0.3) is 0 Å². The lowest BCUT2D eigenvalue weighted by Gasteiger charge is -2.44. The summed E-state index contributed by atoms with van der Waals surface area (Å²) in [6, 6.07) is 5.83. The predicted molar refractivity (Wildman–Crippen MR) is 152 cm³/mol. The summed E-state index contributed by atoms with van der Waals surface area (Å²) in [5, 5.41) is 0. The Morgan fingerprint density at radius 2 is 0.500 bits per heavy atom. The molecule has 0 radical (unpaired) electrons. The highest BCUT2D eigenvalue weighted by Gasteiger charge is 2.52. The minimum absolute atomic E-state index is 0.133. The first-order chi connectivity index (χ1) is 25.8. The molecule has 0 N–H and O–H groups in total. The van der Waals surface area contributed by atoms with Gasteiger partial charge in [-0.15, -0.1) is 21.9 Å². The lowest BCUT2D eigenvalue weighted by molar-refractivity contribution is -0.905. The SMILES string of the molecule is CC(C)(C)O[n+]1ccccc1.Fc1c(F)c(F)c([B-](c2c(F)c(F)c(F)c(F)c2F)(c2c(F)c(F)c(F)c(F)c2F)c2c(F)c(F)c(F)c(F)c2F)c(F)c1F. The van der Waals surface area contributed by atoms with Crippen molar-refractivity contribution in [1.29, 1.82) is 0 Å². The van der Waals surface area contributed by atoms with Crippen LogP contribution in [-0.2, 0) is 0 Å². The summed E-state index contributed by atoms with van der Waals surface area (Å²) in [5.41, 5.74) is -14.5. The van der Waals surface area contributed by atoms with Gasteiger partial charge in [0.1, 0.15) is 52.7 Å². The Balaban J connectivity index is 0.000000544. The molecule has 0 unspecified atom stereocenters. The summed E-state index contributed by atoms with van der Waals surface area (Å²) in [6.45, 7) is 6.06. The molecular weight excluding hydrogens is 817 g/mol. The predicted octanol–water partition coefficient (Wildman–Crippen LogP) is 7.05. The molecule has 0 saturated heterocycles. The highest BCUT2D eigenvalue weighted by Crippen LogP contribution is 2.30. The minimum atomic E-state index is -7.22. The maximum Gasteiger partial charge on any atom is 0.222 e. The van der Waals surface area contributed by atoms with Crippen molar-refractivity contribution in [1.82, 2.24) is 0 Å². The fraction of sp³-hybridized carbons (Fsp3) is 0.121. The molecule has 0 atom stereocenters. The summed E-state index contributed by atoms with van der Waals surface area (Å²) in [5.74, 6) is -71.4. The van der Waals surface area contributed by atoms with Crippen molar-refractivity contribution < 1.29 is 97.4 Å². The largest absolute Gasteiger partial charge is 0.266 e. The lowest BCUT2D eigenvalue weighted by Crippen LogP contribution is -2.81. The lowest BCUT2D eigenvalue weighted by atomic mass is 9.12. The van der Waals surface area contributed by atoms with Crippen LogP contribution in [0.1, 0.15) is 20.8 Å². The monoisotopic (exact) mass is 831 g/mol. The number of hydrogen-bond acceptors (Lipinski definition) is 1. The van der Waals surface area contributed by atoms with E-state index < -0.39 is 144 Å². The maximum atomic E-state index is 15.4. The molecule has 0 amide bonds. The molecule has 4 aromatic carbocycles. The molecule has 0 saturated carbocycles. The number of hydrogen-bond donors (Lipinski definition) is 0. The van der Waals surface area contributed by atoms with Gasteiger partial charge in [-0.3, -0.25) is 4.84 Å². The van der Waals surface area contributed by atoms with E-state index in [1.165, 1.54) is 0 Å². The smallest absolute Gasteiger partial charge is 0.222 e. The van der Waals surface area contributed by atoms with Crippen LogP contribution in [0.15, 0.2) is 30.6 Å². The van der Waals surface area contributed by atoms with Crippen LogP contribution in [0, 0.1) is 116 Å². The van der Waals surface area contributed by atoms with Crippen LogP contribution in [0.5, 0.6) is 0 Å². The molecule has 1 aromatic heterocycles. The minimum Gasteiger partial charge on any atom is -0.266 e. The Morgan fingerprint density at radius 1 is 0.321 bits per heavy atom. The second kappa shape index (κ2) is 15.2. The molecule has 56 heavy (non-hydrogen) atoms. The van der Waals surface area contributed by atoms with E-state index >= 15 is 35.1 Å². The number of pyridine rings is 1. The molecule has 5 rings (SSSR count). The zero-order chi connectivity index (χ0) is 42.7. The molecule has 0 bridgehead atoms. The fourth-order valence-corrected chi connectivity index (χ4v) is 5.63. The van der Waals surface area contributed by atoms with E-state index in [1.54, 1.807) is 4.73 Å². The molecule has 0 aliphatic heterocycles. The first-order valence-corrected chi connectivity index (χ1v) is 14.7. The van der Waals surface area contributed by atoms with Crippen molar-refractivity contribution in [2.24, 2.45) is 0 Å². The molecular formula is C33H14BF20NO. The standard InChI is InChI=1S/C24BF20.C9H14NO/c26-5-1(6(27)14(35)21(42)13(5)34)25(2-7(28)15(36)22(43)16(37)8(2)29,3-9(30)17(38)23(44)18(39)10(3)31)4-11(32)19(40)24(45)20(41)12(4)33;1-9(2,3)11-10-7-5-4-6-8-10/h;4-8H,1-3H3/q-1;+1. The van der Waals surface area contributed by atoms with E-state index in [9.17, 15) is 52.7 Å². The summed E-state index contributed by atoms with van der Waals surface area (Å²) < 4.78 is 296. The van der Waals surface area contributed by atoms with E-state index in [0.717, 1.165) is 0 Å². The molecule has 1 heterocycles. The van der Waals surface area contributed by atoms with Crippen LogP contribution in [0.2, 0.25) is 0 Å². The van der Waals surface area contributed by atoms with Crippen LogP contribution < -0.4 is 31.4 Å². The second-order valence-corrected chi connectivity index (χ2v) is 12.2. The number of rotatable bonds is 5. The average Bonchev–Trinajstić information content (AvgIpc) is 3.14. The molecule has 23 heteroatoms. The van der Waals surface area contributed by atoms with Gasteiger partial charge in [0.2, 0.25) is 12.4 Å². The van der Waals surface area contributed by atoms with Crippen LogP contribution in [0.3, 0.4) is 0 Å². The van der Waals surface area contributed by atoms with Crippen molar-refractivity contribution >= 4 is 28.0 Å². The van der Waals surface area contributed by atoms with Crippen LogP contribution in [0.4, 0.5) is 87.8 Å². The number of nitrogens with zero attached hydrogens (tertiary/aromatic N) is 1. The maximum absolute atomic E-state index is 15.4. The molecule has 0 aliphatic rings. The third kappa shape index (κ3) is 6.73. The Hall–Kier alpha value is -5.51. The van der Waals surface area contributed by atoms with E-state index in [1.807, 2.05) is 51.4 Å². The molecule has 2 nitrogen and oxygen atoms in total. The Bertz CT molecular complexity index is 2000. The van der Waals surface area contributed by atoms with Crippen LogP contribution in [-0.4, -0.2) is 11.7 Å². The van der Waals surface area contributed by atoms with Crippen molar-refractivity contribution in [2.75, 3.05) is 0 Å². The van der Waals surface area contributed by atoms with Crippen molar-refractivity contribution in [3.8, 4) is 0 Å². The molecule has 0 aliphatic carbocycles. The van der Waals surface area contributed by atoms with Gasteiger partial charge < -0.3 is 0 Å². The van der Waals surface area contributed by atoms with Gasteiger partial charge in [0.15, 0.2) is 75.4 Å². The third-order valence-electron chi connectivity index (χ3n) is 7.77. The Morgan fingerprint density at radius 3 is 0.679 bits per heavy atom. The van der Waals surface area contributed by atoms with E-state index in [0.29, 0.717) is 0 Å². The summed E-state index contributed by atoms with van der Waals surface area (Å²) >= 11 is 0. The summed E-state index contributed by atoms with van der Waals surface area (Å²) in [6.07, 6.45) is -3.46. The van der Waals surface area contributed by atoms with Gasteiger partial charge in [-0.25, -0.2) is 87.8 Å². The van der Waals surface area contributed by atoms with Gasteiger partial charge in [-0.05, 0) is 20.8 Å². The summed E-state index contributed by atoms with van der Waals surface area (Å²) in [7, 11) is 0. The number of benzene rings is 4. The van der Waals surface area contributed by atoms with Crippen molar-refractivity contribution in [3.05, 3.63) is 147 Å². The molecule has 5 aromatic rings. The van der Waals surface area contributed by atoms with Gasteiger partial charge in [0.05, 0.1) is 0 Å². The average molecular weight is 831 g/mol. The third-order valence-corrected chi connectivity index (χ3v) is 7.77. The Labute approximate surface area is 299 Å². The molecule has 0 spiro atoms. The van der Waals surface area contributed by atoms with E-state index in [2.05, 4.69) is 0 Å². The normalized spacial score (nSPS) is 11.8. The number of halogens is 20. The van der Waals surface area contributed by atoms with Crippen molar-refractivity contribution in [2.45, 2.75) is 26.4 Å². The van der Waals surface area contributed by atoms with Gasteiger partial charge in [0, 0.05) is 16.9 Å². The van der Waals surface area contributed by atoms with Crippen LogP contribution >= 0.6 is 0 Å². The molecule has 300 valence electrons. The topological polar surface area (TPSA) is 13.1 Å². The van der Waals surface area contributed by atoms with Gasteiger partial charge in [0.25, 0.3) is 0 Å². The Kier molecular flexibility index (Phi) is 11.7. The highest BCUT2D eigenvalue weighted by molar-refractivity contribution is 7.20. The first-order valence-electron chi connectivity index (χ1n) is 14.7.